The SMILES string of the molecule is CCC1(C)CC(NCCCn2nc(C)cc2C)CCO1. The minimum absolute atomic E-state index is 0.0750. The first-order chi connectivity index (χ1) is 9.52. The van der Waals surface area contributed by atoms with Gasteiger partial charge in [0, 0.05) is 24.9 Å². The van der Waals surface area contributed by atoms with E-state index in [-0.39, 0.29) is 5.60 Å². The van der Waals surface area contributed by atoms with Crippen molar-refractivity contribution < 1.29 is 4.74 Å². The standard InChI is InChI=1S/C16H29N3O/c1-5-16(4)12-15(7-10-20-16)17-8-6-9-19-14(3)11-13(2)18-19/h11,15,17H,5-10,12H2,1-4H3. The molecule has 1 N–H and O–H groups in total. The molecule has 1 aliphatic rings. The number of hydrogen-bond acceptors (Lipinski definition) is 3. The maximum Gasteiger partial charge on any atom is 0.0666 e. The van der Waals surface area contributed by atoms with Gasteiger partial charge in [-0.15, -0.1) is 0 Å². The number of aryl methyl sites for hydroxylation is 3. The molecule has 0 aromatic carbocycles. The molecule has 0 saturated carbocycles. The third-order valence-corrected chi connectivity index (χ3v) is 4.43. The molecule has 1 saturated heterocycles. The van der Waals surface area contributed by atoms with Crippen molar-refractivity contribution in [2.24, 2.45) is 0 Å². The van der Waals surface area contributed by atoms with Crippen LogP contribution in [0.15, 0.2) is 6.07 Å². The Balaban J connectivity index is 1.69. The zero-order chi connectivity index (χ0) is 14.6. The van der Waals surface area contributed by atoms with E-state index in [0.29, 0.717) is 6.04 Å². The second kappa shape index (κ2) is 6.72. The summed E-state index contributed by atoms with van der Waals surface area (Å²) in [7, 11) is 0. The lowest BCUT2D eigenvalue weighted by Gasteiger charge is -2.38. The van der Waals surface area contributed by atoms with Crippen LogP contribution in [-0.2, 0) is 11.3 Å². The molecule has 1 aliphatic heterocycles. The predicted octanol–water partition coefficient (Wildman–Crippen LogP) is 2.83. The molecule has 0 radical (unpaired) electrons. The van der Waals surface area contributed by atoms with Crippen LogP contribution in [0.1, 0.15) is 50.9 Å². The summed E-state index contributed by atoms with van der Waals surface area (Å²) < 4.78 is 7.99. The van der Waals surface area contributed by atoms with Gasteiger partial charge in [-0.05, 0) is 59.1 Å². The van der Waals surface area contributed by atoms with Gasteiger partial charge in [-0.25, -0.2) is 0 Å². The summed E-state index contributed by atoms with van der Waals surface area (Å²) in [6.45, 7) is 11.6. The Morgan fingerprint density at radius 2 is 2.30 bits per heavy atom. The summed E-state index contributed by atoms with van der Waals surface area (Å²) in [4.78, 5) is 0. The molecule has 1 fully saturated rings. The van der Waals surface area contributed by atoms with E-state index in [9.17, 15) is 0 Å². The molecule has 1 aromatic rings. The van der Waals surface area contributed by atoms with E-state index in [4.69, 9.17) is 4.74 Å². The van der Waals surface area contributed by atoms with Crippen molar-refractivity contribution in [3.05, 3.63) is 17.5 Å². The van der Waals surface area contributed by atoms with Crippen LogP contribution in [0, 0.1) is 13.8 Å². The lowest BCUT2D eigenvalue weighted by molar-refractivity contribution is -0.0778. The first kappa shape index (κ1) is 15.5. The van der Waals surface area contributed by atoms with Crippen LogP contribution >= 0.6 is 0 Å². The summed E-state index contributed by atoms with van der Waals surface area (Å²) in [5, 5.41) is 8.19. The third kappa shape index (κ3) is 4.06. The zero-order valence-corrected chi connectivity index (χ0v) is 13.4. The van der Waals surface area contributed by atoms with Gasteiger partial charge in [0.1, 0.15) is 0 Å². The van der Waals surface area contributed by atoms with E-state index >= 15 is 0 Å². The van der Waals surface area contributed by atoms with E-state index in [1.165, 1.54) is 5.69 Å². The Hall–Kier alpha value is -0.870. The fraction of sp³-hybridized carbons (Fsp3) is 0.812. The molecule has 114 valence electrons. The van der Waals surface area contributed by atoms with E-state index in [2.05, 4.69) is 48.9 Å². The summed E-state index contributed by atoms with van der Waals surface area (Å²) in [5.74, 6) is 0. The first-order valence-corrected chi connectivity index (χ1v) is 7.91. The van der Waals surface area contributed by atoms with E-state index in [1.807, 2.05) is 0 Å². The van der Waals surface area contributed by atoms with Crippen LogP contribution in [0.3, 0.4) is 0 Å². The highest BCUT2D eigenvalue weighted by atomic mass is 16.5. The minimum atomic E-state index is 0.0750. The molecule has 2 atom stereocenters. The maximum atomic E-state index is 5.88. The van der Waals surface area contributed by atoms with Gasteiger partial charge in [0.15, 0.2) is 0 Å². The summed E-state index contributed by atoms with van der Waals surface area (Å²) >= 11 is 0. The van der Waals surface area contributed by atoms with Gasteiger partial charge in [-0.2, -0.15) is 5.10 Å². The molecule has 2 heterocycles. The molecular weight excluding hydrogens is 250 g/mol. The van der Waals surface area contributed by atoms with Gasteiger partial charge in [0.2, 0.25) is 0 Å². The number of rotatable bonds is 6. The largest absolute Gasteiger partial charge is 0.375 e. The highest BCUT2D eigenvalue weighted by Crippen LogP contribution is 2.27. The molecule has 20 heavy (non-hydrogen) atoms. The molecular formula is C16H29N3O. The van der Waals surface area contributed by atoms with Crippen molar-refractivity contribution in [1.29, 1.82) is 0 Å². The Morgan fingerprint density at radius 1 is 1.50 bits per heavy atom. The molecule has 4 nitrogen and oxygen atoms in total. The number of aromatic nitrogens is 2. The predicted molar refractivity (Wildman–Crippen MR) is 82.0 cm³/mol. The second-order valence-corrected chi connectivity index (χ2v) is 6.30. The summed E-state index contributed by atoms with van der Waals surface area (Å²) in [6.07, 6.45) is 4.48. The number of nitrogens with zero attached hydrogens (tertiary/aromatic N) is 2. The van der Waals surface area contributed by atoms with Crippen LogP contribution in [0.5, 0.6) is 0 Å². The number of nitrogens with one attached hydrogen (secondary N) is 1. The van der Waals surface area contributed by atoms with Crippen molar-refractivity contribution in [3.63, 3.8) is 0 Å². The molecule has 0 amide bonds. The maximum absolute atomic E-state index is 5.88. The summed E-state index contributed by atoms with van der Waals surface area (Å²) in [5.41, 5.74) is 2.44. The van der Waals surface area contributed by atoms with Crippen molar-refractivity contribution in [3.8, 4) is 0 Å². The molecule has 1 aromatic heterocycles. The van der Waals surface area contributed by atoms with Gasteiger partial charge in [-0.1, -0.05) is 6.92 Å². The molecule has 0 aliphatic carbocycles. The van der Waals surface area contributed by atoms with Crippen LogP contribution in [0.4, 0.5) is 0 Å². The smallest absolute Gasteiger partial charge is 0.0666 e. The van der Waals surface area contributed by atoms with Crippen LogP contribution in [-0.4, -0.2) is 34.6 Å². The van der Waals surface area contributed by atoms with E-state index in [1.54, 1.807) is 0 Å². The quantitative estimate of drug-likeness (QED) is 0.814. The fourth-order valence-electron chi connectivity index (χ4n) is 2.99. The van der Waals surface area contributed by atoms with Gasteiger partial charge in [0.05, 0.1) is 11.3 Å². The van der Waals surface area contributed by atoms with Gasteiger partial charge >= 0.3 is 0 Å². The van der Waals surface area contributed by atoms with E-state index in [0.717, 1.165) is 51.1 Å². The number of hydrogen-bond donors (Lipinski definition) is 1. The molecule has 0 bridgehead atoms. The van der Waals surface area contributed by atoms with Crippen molar-refractivity contribution in [2.45, 2.75) is 71.6 Å². The normalized spacial score (nSPS) is 26.9. The highest BCUT2D eigenvalue weighted by molar-refractivity contribution is 5.06. The Morgan fingerprint density at radius 3 is 2.95 bits per heavy atom. The van der Waals surface area contributed by atoms with Crippen LogP contribution < -0.4 is 5.32 Å². The van der Waals surface area contributed by atoms with Gasteiger partial charge in [0.25, 0.3) is 0 Å². The molecule has 2 rings (SSSR count). The first-order valence-electron chi connectivity index (χ1n) is 7.91. The minimum Gasteiger partial charge on any atom is -0.375 e. The number of ether oxygens (including phenoxy) is 1. The average Bonchev–Trinajstić information content (AvgIpc) is 2.73. The van der Waals surface area contributed by atoms with Crippen LogP contribution in [0.25, 0.3) is 0 Å². The van der Waals surface area contributed by atoms with Gasteiger partial charge < -0.3 is 10.1 Å². The monoisotopic (exact) mass is 279 g/mol. The molecule has 2 unspecified atom stereocenters. The fourth-order valence-corrected chi connectivity index (χ4v) is 2.99. The highest BCUT2D eigenvalue weighted by Gasteiger charge is 2.31. The average molecular weight is 279 g/mol. The van der Waals surface area contributed by atoms with Crippen LogP contribution in [0.2, 0.25) is 0 Å². The third-order valence-electron chi connectivity index (χ3n) is 4.43. The van der Waals surface area contributed by atoms with Crippen molar-refractivity contribution >= 4 is 0 Å². The molecule has 0 spiro atoms. The summed E-state index contributed by atoms with van der Waals surface area (Å²) in [6, 6.07) is 2.74. The lowest BCUT2D eigenvalue weighted by atomic mass is 9.90. The van der Waals surface area contributed by atoms with E-state index < -0.39 is 0 Å². The Labute approximate surface area is 122 Å². The zero-order valence-electron chi connectivity index (χ0n) is 13.4. The van der Waals surface area contributed by atoms with Crippen molar-refractivity contribution in [2.75, 3.05) is 13.2 Å². The Kier molecular flexibility index (Phi) is 5.22. The second-order valence-electron chi connectivity index (χ2n) is 6.30. The lowest BCUT2D eigenvalue weighted by Crippen LogP contribution is -2.45. The van der Waals surface area contributed by atoms with Crippen molar-refractivity contribution in [1.82, 2.24) is 15.1 Å². The molecule has 4 heteroatoms. The van der Waals surface area contributed by atoms with Gasteiger partial charge in [-0.3, -0.25) is 4.68 Å². The Bertz CT molecular complexity index is 429. The topological polar surface area (TPSA) is 39.1 Å².